The summed E-state index contributed by atoms with van der Waals surface area (Å²) in [6.07, 6.45) is 0. The Balaban J connectivity index is 2.16. The van der Waals surface area contributed by atoms with E-state index in [1.165, 1.54) is 31.4 Å². The minimum absolute atomic E-state index is 0.0284. The van der Waals surface area contributed by atoms with Gasteiger partial charge >= 0.3 is 5.97 Å². The molecule has 0 unspecified atom stereocenters. The van der Waals surface area contributed by atoms with Gasteiger partial charge in [-0.05, 0) is 23.8 Å². The number of nitrogens with zero attached hydrogens (tertiary/aromatic N) is 1. The molecule has 0 spiro atoms. The fraction of sp³-hybridized carbons (Fsp3) is 0.188. The van der Waals surface area contributed by atoms with Gasteiger partial charge in [0.1, 0.15) is 6.61 Å². The second-order valence-corrected chi connectivity index (χ2v) is 4.78. The Bertz CT molecular complexity index is 779. The Morgan fingerprint density at radius 2 is 2.04 bits per heavy atom. The fourth-order valence-electron chi connectivity index (χ4n) is 2.06. The number of carbonyl (C=O) groups excluding carboxylic acids is 1. The monoisotopic (exact) mass is 334 g/mol. The summed E-state index contributed by atoms with van der Waals surface area (Å²) in [5, 5.41) is 13.6. The van der Waals surface area contributed by atoms with E-state index in [-0.39, 0.29) is 23.6 Å². The molecular weight excluding hydrogens is 319 g/mol. The third kappa shape index (κ3) is 3.78. The Morgan fingerprint density at radius 3 is 2.62 bits per heavy atom. The highest BCUT2D eigenvalue weighted by Gasteiger charge is 2.17. The van der Waals surface area contributed by atoms with Gasteiger partial charge in [-0.25, -0.2) is 9.18 Å². The second-order valence-electron chi connectivity index (χ2n) is 4.78. The standard InChI is InChI=1S/C16H15FN2O5/c1-18-14-5-4-11(19(21)22)8-12(14)16(20)24-9-10-3-6-15(23-2)13(17)7-10/h3-8,18H,9H2,1-2H3. The number of hydrogen-bond acceptors (Lipinski definition) is 6. The van der Waals surface area contributed by atoms with Crippen molar-refractivity contribution < 1.29 is 23.6 Å². The van der Waals surface area contributed by atoms with E-state index in [1.54, 1.807) is 13.1 Å². The highest BCUT2D eigenvalue weighted by molar-refractivity contribution is 5.96. The maximum absolute atomic E-state index is 13.6. The van der Waals surface area contributed by atoms with Crippen molar-refractivity contribution in [3.05, 3.63) is 63.5 Å². The van der Waals surface area contributed by atoms with Gasteiger partial charge in [-0.2, -0.15) is 0 Å². The highest BCUT2D eigenvalue weighted by Crippen LogP contribution is 2.23. The van der Waals surface area contributed by atoms with Crippen LogP contribution in [0.3, 0.4) is 0 Å². The van der Waals surface area contributed by atoms with E-state index >= 15 is 0 Å². The van der Waals surface area contributed by atoms with E-state index in [9.17, 15) is 19.3 Å². The molecule has 0 amide bonds. The molecule has 2 rings (SSSR count). The summed E-state index contributed by atoms with van der Waals surface area (Å²) in [7, 11) is 2.93. The summed E-state index contributed by atoms with van der Waals surface area (Å²) < 4.78 is 23.5. The topological polar surface area (TPSA) is 90.7 Å². The SMILES string of the molecule is CNc1ccc([N+](=O)[O-])cc1C(=O)OCc1ccc(OC)c(F)c1. The van der Waals surface area contributed by atoms with Gasteiger partial charge in [0.15, 0.2) is 11.6 Å². The van der Waals surface area contributed by atoms with E-state index in [2.05, 4.69) is 5.32 Å². The van der Waals surface area contributed by atoms with Crippen LogP contribution in [0.4, 0.5) is 15.8 Å². The number of methoxy groups -OCH3 is 1. The normalized spacial score (nSPS) is 10.1. The van der Waals surface area contributed by atoms with E-state index in [0.29, 0.717) is 11.3 Å². The molecule has 7 nitrogen and oxygen atoms in total. The van der Waals surface area contributed by atoms with E-state index < -0.39 is 16.7 Å². The van der Waals surface area contributed by atoms with Gasteiger partial charge in [0.05, 0.1) is 17.6 Å². The first-order chi connectivity index (χ1) is 11.5. The van der Waals surface area contributed by atoms with Gasteiger partial charge in [0.2, 0.25) is 0 Å². The smallest absolute Gasteiger partial charge is 0.340 e. The van der Waals surface area contributed by atoms with Crippen LogP contribution in [0, 0.1) is 15.9 Å². The molecule has 0 radical (unpaired) electrons. The zero-order valence-corrected chi connectivity index (χ0v) is 13.0. The van der Waals surface area contributed by atoms with E-state index in [4.69, 9.17) is 9.47 Å². The van der Waals surface area contributed by atoms with Crippen molar-refractivity contribution in [3.8, 4) is 5.75 Å². The predicted molar refractivity (Wildman–Crippen MR) is 84.7 cm³/mol. The Hall–Kier alpha value is -3.16. The largest absolute Gasteiger partial charge is 0.494 e. The quantitative estimate of drug-likeness (QED) is 0.496. The summed E-state index contributed by atoms with van der Waals surface area (Å²) in [6, 6.07) is 8.00. The molecule has 0 aliphatic carbocycles. The Labute approximate surface area is 137 Å². The summed E-state index contributed by atoms with van der Waals surface area (Å²) in [5.41, 5.74) is 0.627. The van der Waals surface area contributed by atoms with Crippen molar-refractivity contribution in [2.24, 2.45) is 0 Å². The Morgan fingerprint density at radius 1 is 1.29 bits per heavy atom. The van der Waals surface area contributed by atoms with Gasteiger partial charge in [0.25, 0.3) is 5.69 Å². The van der Waals surface area contributed by atoms with Crippen LogP contribution in [0.5, 0.6) is 5.75 Å². The molecule has 24 heavy (non-hydrogen) atoms. The molecule has 0 aromatic heterocycles. The zero-order chi connectivity index (χ0) is 17.7. The maximum Gasteiger partial charge on any atom is 0.340 e. The molecule has 0 fully saturated rings. The van der Waals surface area contributed by atoms with Gasteiger partial charge in [-0.1, -0.05) is 6.07 Å². The average molecular weight is 334 g/mol. The summed E-state index contributed by atoms with van der Waals surface area (Å²) in [5.74, 6) is -1.24. The number of halogens is 1. The van der Waals surface area contributed by atoms with Crippen LogP contribution < -0.4 is 10.1 Å². The molecule has 126 valence electrons. The molecule has 0 saturated heterocycles. The second kappa shape index (κ2) is 7.40. The number of non-ortho nitro benzene ring substituents is 1. The fourth-order valence-corrected chi connectivity index (χ4v) is 2.06. The molecular formula is C16H15FN2O5. The lowest BCUT2D eigenvalue weighted by Crippen LogP contribution is -2.09. The number of carbonyl (C=O) groups is 1. The van der Waals surface area contributed by atoms with Crippen molar-refractivity contribution in [1.29, 1.82) is 0 Å². The lowest BCUT2D eigenvalue weighted by atomic mass is 10.1. The molecule has 0 aliphatic rings. The van der Waals surface area contributed by atoms with Crippen LogP contribution in [-0.4, -0.2) is 25.1 Å². The van der Waals surface area contributed by atoms with Crippen LogP contribution in [0.25, 0.3) is 0 Å². The van der Waals surface area contributed by atoms with Crippen LogP contribution in [-0.2, 0) is 11.3 Å². The van der Waals surface area contributed by atoms with Crippen LogP contribution in [0.15, 0.2) is 36.4 Å². The lowest BCUT2D eigenvalue weighted by molar-refractivity contribution is -0.384. The summed E-state index contributed by atoms with van der Waals surface area (Å²) in [4.78, 5) is 22.4. The number of nitro benzene ring substituents is 1. The van der Waals surface area contributed by atoms with Gasteiger partial charge < -0.3 is 14.8 Å². The van der Waals surface area contributed by atoms with Crippen molar-refractivity contribution in [3.63, 3.8) is 0 Å². The number of ether oxygens (including phenoxy) is 2. The summed E-state index contributed by atoms with van der Waals surface area (Å²) >= 11 is 0. The third-order valence-electron chi connectivity index (χ3n) is 3.29. The van der Waals surface area contributed by atoms with E-state index in [1.807, 2.05) is 0 Å². The number of esters is 1. The Kier molecular flexibility index (Phi) is 5.31. The molecule has 0 bridgehead atoms. The van der Waals surface area contributed by atoms with Gasteiger partial charge in [-0.15, -0.1) is 0 Å². The minimum Gasteiger partial charge on any atom is -0.494 e. The van der Waals surface area contributed by atoms with Gasteiger partial charge in [-0.3, -0.25) is 10.1 Å². The molecule has 1 N–H and O–H groups in total. The number of anilines is 1. The molecule has 2 aromatic rings. The van der Waals surface area contributed by atoms with Crippen molar-refractivity contribution in [2.45, 2.75) is 6.61 Å². The number of nitrogens with one attached hydrogen (secondary N) is 1. The maximum atomic E-state index is 13.6. The third-order valence-corrected chi connectivity index (χ3v) is 3.29. The minimum atomic E-state index is -0.751. The predicted octanol–water partition coefficient (Wildman–Crippen LogP) is 3.14. The highest BCUT2D eigenvalue weighted by atomic mass is 19.1. The first-order valence-corrected chi connectivity index (χ1v) is 6.92. The molecule has 0 heterocycles. The number of benzene rings is 2. The van der Waals surface area contributed by atoms with Crippen LogP contribution in [0.2, 0.25) is 0 Å². The molecule has 0 aliphatic heterocycles. The summed E-state index contributed by atoms with van der Waals surface area (Å²) in [6.45, 7) is -0.175. The van der Waals surface area contributed by atoms with Gasteiger partial charge in [0, 0.05) is 24.9 Å². The average Bonchev–Trinajstić information content (AvgIpc) is 2.59. The van der Waals surface area contributed by atoms with Crippen molar-refractivity contribution in [2.75, 3.05) is 19.5 Å². The molecule has 0 atom stereocenters. The number of rotatable bonds is 6. The first-order valence-electron chi connectivity index (χ1n) is 6.92. The van der Waals surface area contributed by atoms with E-state index in [0.717, 1.165) is 6.07 Å². The molecule has 8 heteroatoms. The number of nitro groups is 1. The van der Waals surface area contributed by atoms with Crippen molar-refractivity contribution >= 4 is 17.3 Å². The number of hydrogen-bond donors (Lipinski definition) is 1. The molecule has 0 saturated carbocycles. The first kappa shape index (κ1) is 17.2. The lowest BCUT2D eigenvalue weighted by Gasteiger charge is -2.10. The van der Waals surface area contributed by atoms with Crippen molar-refractivity contribution in [1.82, 2.24) is 0 Å². The zero-order valence-electron chi connectivity index (χ0n) is 13.0. The molecule has 2 aromatic carbocycles. The van der Waals surface area contributed by atoms with Crippen LogP contribution >= 0.6 is 0 Å². The van der Waals surface area contributed by atoms with Crippen LogP contribution in [0.1, 0.15) is 15.9 Å².